The van der Waals surface area contributed by atoms with Gasteiger partial charge in [-0.2, -0.15) is 0 Å². The summed E-state index contributed by atoms with van der Waals surface area (Å²) in [5.74, 6) is -0.964. The first-order chi connectivity index (χ1) is 8.97. The topological polar surface area (TPSA) is 57.6 Å². The number of carboxylic acid groups (broad SMARTS) is 1. The Morgan fingerprint density at radius 3 is 2.47 bits per heavy atom. The normalized spacial score (nSPS) is 17.6. The largest absolute Gasteiger partial charge is 0.479 e. The van der Waals surface area contributed by atoms with E-state index in [0.29, 0.717) is 12.8 Å². The summed E-state index contributed by atoms with van der Waals surface area (Å²) in [5.41, 5.74) is -0.280. The van der Waals surface area contributed by atoms with E-state index in [2.05, 4.69) is 15.9 Å². The molecule has 0 spiro atoms. The molecule has 2 rings (SSSR count). The molecule has 0 aromatic heterocycles. The van der Waals surface area contributed by atoms with Gasteiger partial charge in [0.2, 0.25) is 6.41 Å². The molecule has 1 saturated carbocycles. The van der Waals surface area contributed by atoms with Crippen molar-refractivity contribution in [3.05, 3.63) is 34.3 Å². The highest BCUT2D eigenvalue weighted by Gasteiger charge is 2.45. The van der Waals surface area contributed by atoms with Crippen molar-refractivity contribution >= 4 is 28.3 Å². The maximum Gasteiger partial charge on any atom is 0.329 e. The minimum absolute atomic E-state index is 0.0778. The van der Waals surface area contributed by atoms with Gasteiger partial charge < -0.3 is 10.0 Å². The van der Waals surface area contributed by atoms with Crippen LogP contribution in [0.3, 0.4) is 0 Å². The molecule has 1 aliphatic rings. The van der Waals surface area contributed by atoms with Gasteiger partial charge in [0.05, 0.1) is 0 Å². The van der Waals surface area contributed by atoms with Crippen molar-refractivity contribution in [2.45, 2.75) is 37.8 Å². The van der Waals surface area contributed by atoms with Crippen LogP contribution < -0.4 is 0 Å². The van der Waals surface area contributed by atoms with Crippen LogP contribution in [0, 0.1) is 0 Å². The van der Waals surface area contributed by atoms with E-state index in [-0.39, 0.29) is 6.04 Å². The van der Waals surface area contributed by atoms with Crippen LogP contribution in [-0.4, -0.2) is 34.0 Å². The predicted octanol–water partition coefficient (Wildman–Crippen LogP) is 2.46. The lowest BCUT2D eigenvalue weighted by Crippen LogP contribution is -2.54. The summed E-state index contributed by atoms with van der Waals surface area (Å²) >= 11 is 3.35. The third-order valence-electron chi connectivity index (χ3n) is 3.55. The number of hydrogen-bond acceptors (Lipinski definition) is 2. The first kappa shape index (κ1) is 14.1. The maximum atomic E-state index is 11.6. The lowest BCUT2D eigenvalue weighted by molar-refractivity contribution is -0.154. The molecule has 102 valence electrons. The molecule has 1 amide bonds. The van der Waals surface area contributed by atoms with Gasteiger partial charge in [0.25, 0.3) is 0 Å². The lowest BCUT2D eigenvalue weighted by Gasteiger charge is -2.35. The molecular formula is C14H16BrNO3. The molecule has 4 nitrogen and oxygen atoms in total. The molecular weight excluding hydrogens is 310 g/mol. The van der Waals surface area contributed by atoms with Gasteiger partial charge >= 0.3 is 5.97 Å². The summed E-state index contributed by atoms with van der Waals surface area (Å²) in [6.45, 7) is 1.62. The monoisotopic (exact) mass is 325 g/mol. The van der Waals surface area contributed by atoms with Crippen LogP contribution in [0.4, 0.5) is 0 Å². The van der Waals surface area contributed by atoms with Gasteiger partial charge in [-0.15, -0.1) is 0 Å². The Hall–Kier alpha value is -1.36. The predicted molar refractivity (Wildman–Crippen MR) is 74.8 cm³/mol. The summed E-state index contributed by atoms with van der Waals surface area (Å²) < 4.78 is 0.947. The molecule has 0 bridgehead atoms. The molecule has 19 heavy (non-hydrogen) atoms. The zero-order valence-electron chi connectivity index (χ0n) is 10.7. The molecule has 1 aliphatic carbocycles. The average molecular weight is 326 g/mol. The van der Waals surface area contributed by atoms with Crippen LogP contribution in [0.15, 0.2) is 28.7 Å². The Kier molecular flexibility index (Phi) is 3.94. The highest BCUT2D eigenvalue weighted by Crippen LogP contribution is 2.33. The number of carboxylic acids is 1. The molecule has 1 N–H and O–H groups in total. The Labute approximate surface area is 120 Å². The van der Waals surface area contributed by atoms with E-state index in [9.17, 15) is 14.7 Å². The summed E-state index contributed by atoms with van der Waals surface area (Å²) in [5, 5.41) is 9.52. The fraction of sp³-hybridized carbons (Fsp3) is 0.429. The van der Waals surface area contributed by atoms with Crippen LogP contribution in [0.25, 0.3) is 0 Å². The van der Waals surface area contributed by atoms with Gasteiger partial charge in [0, 0.05) is 16.9 Å². The van der Waals surface area contributed by atoms with Crippen LogP contribution in [0.1, 0.15) is 25.3 Å². The Balaban J connectivity index is 2.25. The van der Waals surface area contributed by atoms with E-state index in [4.69, 9.17) is 0 Å². The van der Waals surface area contributed by atoms with Gasteiger partial charge in [-0.25, -0.2) is 4.79 Å². The molecule has 1 aromatic carbocycles. The molecule has 0 heterocycles. The number of amides is 1. The van der Waals surface area contributed by atoms with Crippen LogP contribution >= 0.6 is 15.9 Å². The summed E-state index contributed by atoms with van der Waals surface area (Å²) in [7, 11) is 0. The number of carbonyl (C=O) groups excluding carboxylic acids is 1. The Bertz CT molecular complexity index is 484. The molecule has 1 atom stereocenters. The third kappa shape index (κ3) is 2.97. The highest BCUT2D eigenvalue weighted by atomic mass is 79.9. The van der Waals surface area contributed by atoms with E-state index in [1.165, 1.54) is 4.90 Å². The average Bonchev–Trinajstić information content (AvgIpc) is 3.17. The second kappa shape index (κ2) is 5.33. The third-order valence-corrected chi connectivity index (χ3v) is 4.07. The molecule has 0 aliphatic heterocycles. The van der Waals surface area contributed by atoms with Crippen molar-refractivity contribution in [2.75, 3.05) is 0 Å². The second-order valence-corrected chi connectivity index (χ2v) is 6.04. The van der Waals surface area contributed by atoms with Crippen molar-refractivity contribution in [2.24, 2.45) is 0 Å². The number of nitrogens with zero attached hydrogens (tertiary/aromatic N) is 1. The van der Waals surface area contributed by atoms with Gasteiger partial charge in [-0.3, -0.25) is 4.79 Å². The van der Waals surface area contributed by atoms with E-state index >= 15 is 0 Å². The van der Waals surface area contributed by atoms with Gasteiger partial charge in [-0.1, -0.05) is 28.1 Å². The number of hydrogen-bond donors (Lipinski definition) is 1. The molecule has 5 heteroatoms. The van der Waals surface area contributed by atoms with E-state index in [0.717, 1.165) is 22.9 Å². The molecule has 1 unspecified atom stereocenters. The first-order valence-corrected chi connectivity index (χ1v) is 6.98. The summed E-state index contributed by atoms with van der Waals surface area (Å²) in [6, 6.07) is 7.58. The molecule has 0 radical (unpaired) electrons. The fourth-order valence-electron chi connectivity index (χ4n) is 2.24. The zero-order valence-corrected chi connectivity index (χ0v) is 12.3. The van der Waals surface area contributed by atoms with E-state index < -0.39 is 11.5 Å². The van der Waals surface area contributed by atoms with Crippen LogP contribution in [0.2, 0.25) is 0 Å². The first-order valence-electron chi connectivity index (χ1n) is 6.19. The van der Waals surface area contributed by atoms with Crippen LogP contribution in [-0.2, 0) is 16.0 Å². The number of halogens is 1. The number of aliphatic carboxylic acids is 1. The standard InChI is InChI=1S/C14H16BrNO3/c1-14(13(18)19,16(9-17)12-6-7-12)8-10-2-4-11(15)5-3-10/h2-5,9,12H,6-8H2,1H3,(H,18,19). The summed E-state index contributed by atoms with van der Waals surface area (Å²) in [4.78, 5) is 24.3. The fourth-order valence-corrected chi connectivity index (χ4v) is 2.50. The van der Waals surface area contributed by atoms with Gasteiger partial charge in [0.1, 0.15) is 5.54 Å². The highest BCUT2D eigenvalue weighted by molar-refractivity contribution is 9.10. The Morgan fingerprint density at radius 2 is 2.05 bits per heavy atom. The maximum absolute atomic E-state index is 11.6. The van der Waals surface area contributed by atoms with Crippen LogP contribution in [0.5, 0.6) is 0 Å². The van der Waals surface area contributed by atoms with Crippen molar-refractivity contribution < 1.29 is 14.7 Å². The number of benzene rings is 1. The molecule has 0 saturated heterocycles. The SMILES string of the molecule is CC(Cc1ccc(Br)cc1)(C(=O)O)N(C=O)C1CC1. The smallest absolute Gasteiger partial charge is 0.329 e. The minimum atomic E-state index is -1.18. The van der Waals surface area contributed by atoms with Crippen molar-refractivity contribution in [3.63, 3.8) is 0 Å². The second-order valence-electron chi connectivity index (χ2n) is 5.13. The zero-order chi connectivity index (χ0) is 14.0. The minimum Gasteiger partial charge on any atom is -0.479 e. The van der Waals surface area contributed by atoms with Crippen molar-refractivity contribution in [1.82, 2.24) is 4.90 Å². The van der Waals surface area contributed by atoms with E-state index in [1.807, 2.05) is 24.3 Å². The Morgan fingerprint density at radius 1 is 1.47 bits per heavy atom. The van der Waals surface area contributed by atoms with Crippen molar-refractivity contribution in [3.8, 4) is 0 Å². The number of carbonyl (C=O) groups is 2. The summed E-state index contributed by atoms with van der Waals surface area (Å²) in [6.07, 6.45) is 2.76. The lowest BCUT2D eigenvalue weighted by atomic mass is 9.91. The van der Waals surface area contributed by atoms with Crippen molar-refractivity contribution in [1.29, 1.82) is 0 Å². The van der Waals surface area contributed by atoms with Gasteiger partial charge in [-0.05, 0) is 37.5 Å². The number of rotatable bonds is 6. The molecule has 1 aromatic rings. The van der Waals surface area contributed by atoms with Gasteiger partial charge in [0.15, 0.2) is 0 Å². The van der Waals surface area contributed by atoms with E-state index in [1.54, 1.807) is 6.92 Å². The molecule has 1 fully saturated rings. The quantitative estimate of drug-likeness (QED) is 0.817.